The van der Waals surface area contributed by atoms with E-state index in [4.69, 9.17) is 9.47 Å². The van der Waals surface area contributed by atoms with Gasteiger partial charge in [0.2, 0.25) is 5.91 Å². The van der Waals surface area contributed by atoms with E-state index >= 15 is 0 Å². The number of nitrogens with zero attached hydrogens (tertiary/aromatic N) is 2. The van der Waals surface area contributed by atoms with Crippen molar-refractivity contribution >= 4 is 39.1 Å². The molecule has 1 fully saturated rings. The minimum atomic E-state index is -0.318. The SMILES string of the molecule is COc1ccc(C(=O)NCC(=O)N2CCN(Cc3ccc(Br)s3)CC2)cc1OC. The van der Waals surface area contributed by atoms with E-state index in [2.05, 4.69) is 38.3 Å². The molecule has 9 heteroatoms. The third-order valence-corrected chi connectivity index (χ3v) is 6.39. The number of hydrogen-bond donors (Lipinski definition) is 1. The molecule has 2 amide bonds. The van der Waals surface area contributed by atoms with E-state index in [1.807, 2.05) is 0 Å². The molecule has 0 spiro atoms. The molecule has 1 aromatic carbocycles. The van der Waals surface area contributed by atoms with Gasteiger partial charge < -0.3 is 19.7 Å². The molecule has 0 atom stereocenters. The van der Waals surface area contributed by atoms with Gasteiger partial charge in [0.25, 0.3) is 5.91 Å². The molecule has 2 heterocycles. The first-order valence-electron chi connectivity index (χ1n) is 9.24. The van der Waals surface area contributed by atoms with Crippen LogP contribution >= 0.6 is 27.3 Å². The van der Waals surface area contributed by atoms with Gasteiger partial charge in [-0.2, -0.15) is 0 Å². The molecule has 3 rings (SSSR count). The fourth-order valence-corrected chi connectivity index (χ4v) is 4.69. The molecule has 29 heavy (non-hydrogen) atoms. The van der Waals surface area contributed by atoms with Gasteiger partial charge >= 0.3 is 0 Å². The van der Waals surface area contributed by atoms with E-state index in [0.29, 0.717) is 30.2 Å². The van der Waals surface area contributed by atoms with E-state index in [1.54, 1.807) is 34.4 Å². The molecule has 0 unspecified atom stereocenters. The number of benzene rings is 1. The van der Waals surface area contributed by atoms with E-state index in [1.165, 1.54) is 19.1 Å². The van der Waals surface area contributed by atoms with Gasteiger partial charge in [0, 0.05) is 43.2 Å². The highest BCUT2D eigenvalue weighted by Gasteiger charge is 2.22. The Hall–Kier alpha value is -2.10. The first-order chi connectivity index (χ1) is 14.0. The number of ether oxygens (including phenoxy) is 2. The quantitative estimate of drug-likeness (QED) is 0.657. The summed E-state index contributed by atoms with van der Waals surface area (Å²) in [5.74, 6) is 0.631. The smallest absolute Gasteiger partial charge is 0.251 e. The van der Waals surface area contributed by atoms with Crippen LogP contribution in [0.3, 0.4) is 0 Å². The number of thiophene rings is 1. The second-order valence-corrected chi connectivity index (χ2v) is 9.16. The van der Waals surface area contributed by atoms with Gasteiger partial charge in [0.1, 0.15) is 0 Å². The Morgan fingerprint density at radius 1 is 1.07 bits per heavy atom. The molecule has 0 bridgehead atoms. The zero-order valence-corrected chi connectivity index (χ0v) is 18.8. The Morgan fingerprint density at radius 3 is 2.41 bits per heavy atom. The fourth-order valence-electron chi connectivity index (χ4n) is 3.16. The molecule has 1 N–H and O–H groups in total. The summed E-state index contributed by atoms with van der Waals surface area (Å²) in [6.07, 6.45) is 0. The average molecular weight is 482 g/mol. The van der Waals surface area contributed by atoms with Crippen molar-refractivity contribution in [2.24, 2.45) is 0 Å². The fraction of sp³-hybridized carbons (Fsp3) is 0.400. The minimum absolute atomic E-state index is 0.0228. The lowest BCUT2D eigenvalue weighted by molar-refractivity contribution is -0.131. The van der Waals surface area contributed by atoms with Crippen LogP contribution in [-0.2, 0) is 11.3 Å². The molecule has 1 aliphatic rings. The van der Waals surface area contributed by atoms with Gasteiger partial charge in [-0.05, 0) is 46.3 Å². The van der Waals surface area contributed by atoms with Crippen molar-refractivity contribution in [2.75, 3.05) is 46.9 Å². The standard InChI is InChI=1S/C20H24BrN3O4S/c1-27-16-5-3-14(11-17(16)28-2)20(26)22-12-19(25)24-9-7-23(8-10-24)13-15-4-6-18(21)29-15/h3-6,11H,7-10,12-13H2,1-2H3,(H,22,26). The molecule has 0 saturated carbocycles. The van der Waals surface area contributed by atoms with Crippen molar-refractivity contribution in [3.63, 3.8) is 0 Å². The van der Waals surface area contributed by atoms with Crippen LogP contribution in [0.25, 0.3) is 0 Å². The van der Waals surface area contributed by atoms with Crippen LogP contribution in [0, 0.1) is 0 Å². The number of carbonyl (C=O) groups is 2. The van der Waals surface area contributed by atoms with Crippen LogP contribution in [0.15, 0.2) is 34.1 Å². The summed E-state index contributed by atoms with van der Waals surface area (Å²) >= 11 is 5.22. The number of amides is 2. The van der Waals surface area contributed by atoms with Crippen LogP contribution in [0.4, 0.5) is 0 Å². The van der Waals surface area contributed by atoms with Crippen molar-refractivity contribution in [3.05, 3.63) is 44.6 Å². The Kier molecular flexibility index (Phi) is 7.51. The Labute approximate surface area is 182 Å². The average Bonchev–Trinajstić information content (AvgIpc) is 3.16. The first kappa shape index (κ1) is 21.6. The highest BCUT2D eigenvalue weighted by molar-refractivity contribution is 9.11. The number of piperazine rings is 1. The number of nitrogens with one attached hydrogen (secondary N) is 1. The topological polar surface area (TPSA) is 71.1 Å². The van der Waals surface area contributed by atoms with Crippen molar-refractivity contribution in [1.29, 1.82) is 0 Å². The first-order valence-corrected chi connectivity index (χ1v) is 10.9. The predicted octanol–water partition coefficient (Wildman–Crippen LogP) is 2.60. The summed E-state index contributed by atoms with van der Waals surface area (Å²) in [4.78, 5) is 30.3. The summed E-state index contributed by atoms with van der Waals surface area (Å²) in [6.45, 7) is 3.85. The molecule has 2 aromatic rings. The van der Waals surface area contributed by atoms with E-state index in [9.17, 15) is 9.59 Å². The molecular weight excluding hydrogens is 458 g/mol. The zero-order valence-electron chi connectivity index (χ0n) is 16.4. The number of halogens is 1. The highest BCUT2D eigenvalue weighted by atomic mass is 79.9. The molecular formula is C20H24BrN3O4S. The van der Waals surface area contributed by atoms with E-state index in [0.717, 1.165) is 23.4 Å². The Balaban J connectivity index is 1.45. The summed E-state index contributed by atoms with van der Waals surface area (Å²) in [7, 11) is 3.05. The monoisotopic (exact) mass is 481 g/mol. The van der Waals surface area contributed by atoms with Crippen LogP contribution < -0.4 is 14.8 Å². The number of methoxy groups -OCH3 is 2. The van der Waals surface area contributed by atoms with Gasteiger partial charge in [-0.15, -0.1) is 11.3 Å². The summed E-state index contributed by atoms with van der Waals surface area (Å²) in [5.41, 5.74) is 0.419. The van der Waals surface area contributed by atoms with Gasteiger partial charge in [0.15, 0.2) is 11.5 Å². The van der Waals surface area contributed by atoms with Crippen molar-refractivity contribution in [3.8, 4) is 11.5 Å². The predicted molar refractivity (Wildman–Crippen MR) is 116 cm³/mol. The third kappa shape index (κ3) is 5.71. The molecule has 156 valence electrons. The van der Waals surface area contributed by atoms with Crippen molar-refractivity contribution in [1.82, 2.24) is 15.1 Å². The number of carbonyl (C=O) groups excluding carboxylic acids is 2. The minimum Gasteiger partial charge on any atom is -0.493 e. The zero-order chi connectivity index (χ0) is 20.8. The normalized spacial score (nSPS) is 14.5. The molecule has 1 aromatic heterocycles. The largest absolute Gasteiger partial charge is 0.493 e. The van der Waals surface area contributed by atoms with Crippen LogP contribution in [-0.4, -0.2) is 68.6 Å². The molecule has 7 nitrogen and oxygen atoms in total. The number of hydrogen-bond acceptors (Lipinski definition) is 6. The van der Waals surface area contributed by atoms with Crippen molar-refractivity contribution in [2.45, 2.75) is 6.54 Å². The maximum absolute atomic E-state index is 12.5. The highest BCUT2D eigenvalue weighted by Crippen LogP contribution is 2.27. The second-order valence-electron chi connectivity index (χ2n) is 6.62. The summed E-state index contributed by atoms with van der Waals surface area (Å²) in [5, 5.41) is 2.69. The van der Waals surface area contributed by atoms with E-state index in [-0.39, 0.29) is 18.4 Å². The molecule has 1 saturated heterocycles. The molecule has 0 radical (unpaired) electrons. The van der Waals surface area contributed by atoms with Gasteiger partial charge in [0.05, 0.1) is 24.6 Å². The summed E-state index contributed by atoms with van der Waals surface area (Å²) in [6, 6.07) is 9.08. The number of rotatable bonds is 7. The lowest BCUT2D eigenvalue weighted by Gasteiger charge is -2.34. The second kappa shape index (κ2) is 10.1. The van der Waals surface area contributed by atoms with Gasteiger partial charge in [-0.3, -0.25) is 14.5 Å². The lowest BCUT2D eigenvalue weighted by Crippen LogP contribution is -2.50. The Bertz CT molecular complexity index is 865. The maximum Gasteiger partial charge on any atom is 0.251 e. The molecule has 1 aliphatic heterocycles. The molecule has 0 aliphatic carbocycles. The maximum atomic E-state index is 12.5. The van der Waals surface area contributed by atoms with Crippen molar-refractivity contribution < 1.29 is 19.1 Å². The van der Waals surface area contributed by atoms with Crippen LogP contribution in [0.2, 0.25) is 0 Å². The third-order valence-electron chi connectivity index (χ3n) is 4.78. The van der Waals surface area contributed by atoms with Crippen LogP contribution in [0.1, 0.15) is 15.2 Å². The summed E-state index contributed by atoms with van der Waals surface area (Å²) < 4.78 is 11.5. The van der Waals surface area contributed by atoms with E-state index < -0.39 is 0 Å². The van der Waals surface area contributed by atoms with Crippen LogP contribution in [0.5, 0.6) is 11.5 Å². The lowest BCUT2D eigenvalue weighted by atomic mass is 10.2. The Morgan fingerprint density at radius 2 is 1.79 bits per heavy atom. The van der Waals surface area contributed by atoms with Gasteiger partial charge in [-0.1, -0.05) is 0 Å². The van der Waals surface area contributed by atoms with Gasteiger partial charge in [-0.25, -0.2) is 0 Å².